The maximum absolute atomic E-state index is 13.1. The standard InChI is InChI=1S/C13H16ClF2N3O2/c1-2-21-12(20)11-18-9(14)7-10(19-11)17-8-3-5-13(15,16)6-4-8/h7-8H,2-6H2,1H3,(H,17,18,19). The lowest BCUT2D eigenvalue weighted by molar-refractivity contribution is -0.0361. The minimum absolute atomic E-state index is 0.0942. The van der Waals surface area contributed by atoms with E-state index in [4.69, 9.17) is 16.3 Å². The zero-order valence-electron chi connectivity index (χ0n) is 11.5. The molecule has 0 saturated heterocycles. The summed E-state index contributed by atoms with van der Waals surface area (Å²) in [5, 5.41) is 3.11. The van der Waals surface area contributed by atoms with E-state index in [1.54, 1.807) is 6.92 Å². The van der Waals surface area contributed by atoms with E-state index in [2.05, 4.69) is 15.3 Å². The number of rotatable bonds is 4. The van der Waals surface area contributed by atoms with Gasteiger partial charge in [-0.1, -0.05) is 11.6 Å². The molecule has 2 rings (SSSR count). The van der Waals surface area contributed by atoms with Crippen molar-refractivity contribution in [3.05, 3.63) is 17.0 Å². The Bertz CT molecular complexity index is 518. The molecule has 0 unspecified atom stereocenters. The molecule has 0 atom stereocenters. The first-order valence-corrected chi connectivity index (χ1v) is 7.13. The molecule has 21 heavy (non-hydrogen) atoms. The fraction of sp³-hybridized carbons (Fsp3) is 0.615. The lowest BCUT2D eigenvalue weighted by Gasteiger charge is -2.29. The molecule has 8 heteroatoms. The number of nitrogens with one attached hydrogen (secondary N) is 1. The summed E-state index contributed by atoms with van der Waals surface area (Å²) in [5.41, 5.74) is 0. The Hall–Kier alpha value is -1.50. The van der Waals surface area contributed by atoms with Crippen LogP contribution in [-0.4, -0.2) is 34.5 Å². The molecular formula is C13H16ClF2N3O2. The van der Waals surface area contributed by atoms with Gasteiger partial charge in [0.1, 0.15) is 11.0 Å². The number of aromatic nitrogens is 2. The number of nitrogens with zero attached hydrogens (tertiary/aromatic N) is 2. The van der Waals surface area contributed by atoms with Gasteiger partial charge in [0.05, 0.1) is 6.61 Å². The summed E-state index contributed by atoms with van der Waals surface area (Å²) in [7, 11) is 0. The van der Waals surface area contributed by atoms with Gasteiger partial charge in [-0.05, 0) is 19.8 Å². The van der Waals surface area contributed by atoms with E-state index >= 15 is 0 Å². The normalized spacial score (nSPS) is 18.3. The highest BCUT2D eigenvalue weighted by molar-refractivity contribution is 6.29. The maximum Gasteiger partial charge on any atom is 0.376 e. The zero-order valence-corrected chi connectivity index (χ0v) is 12.3. The van der Waals surface area contributed by atoms with Gasteiger partial charge < -0.3 is 10.1 Å². The van der Waals surface area contributed by atoms with Crippen molar-refractivity contribution >= 4 is 23.4 Å². The second-order valence-corrected chi connectivity index (χ2v) is 5.28. The smallest absolute Gasteiger partial charge is 0.376 e. The third-order valence-corrected chi connectivity index (χ3v) is 3.42. The van der Waals surface area contributed by atoms with Gasteiger partial charge in [0.15, 0.2) is 0 Å². The van der Waals surface area contributed by atoms with Crippen LogP contribution in [0.15, 0.2) is 6.07 Å². The average molecular weight is 320 g/mol. The molecule has 0 bridgehead atoms. The van der Waals surface area contributed by atoms with Gasteiger partial charge >= 0.3 is 5.97 Å². The molecule has 1 aliphatic rings. The molecular weight excluding hydrogens is 304 g/mol. The fourth-order valence-corrected chi connectivity index (χ4v) is 2.36. The van der Waals surface area contributed by atoms with Crippen LogP contribution in [0.1, 0.15) is 43.2 Å². The number of hydrogen-bond acceptors (Lipinski definition) is 5. The Kier molecular flexibility index (Phi) is 4.92. The summed E-state index contributed by atoms with van der Waals surface area (Å²) in [4.78, 5) is 19.4. The highest BCUT2D eigenvalue weighted by Gasteiger charge is 2.35. The Morgan fingerprint density at radius 3 is 2.76 bits per heavy atom. The predicted molar refractivity (Wildman–Crippen MR) is 73.8 cm³/mol. The van der Waals surface area contributed by atoms with Crippen LogP contribution in [0, 0.1) is 0 Å². The van der Waals surface area contributed by atoms with E-state index in [0.717, 1.165) is 0 Å². The molecule has 1 fully saturated rings. The van der Waals surface area contributed by atoms with Crippen LogP contribution in [0.5, 0.6) is 0 Å². The van der Waals surface area contributed by atoms with Crippen LogP contribution in [0.3, 0.4) is 0 Å². The third kappa shape index (κ3) is 4.49. The van der Waals surface area contributed by atoms with Crippen molar-refractivity contribution in [3.8, 4) is 0 Å². The minimum atomic E-state index is -2.59. The molecule has 1 aromatic heterocycles. The van der Waals surface area contributed by atoms with Gasteiger partial charge in [0.25, 0.3) is 0 Å². The van der Waals surface area contributed by atoms with Crippen molar-refractivity contribution in [1.29, 1.82) is 0 Å². The van der Waals surface area contributed by atoms with E-state index in [9.17, 15) is 13.6 Å². The van der Waals surface area contributed by atoms with Crippen LogP contribution in [0.25, 0.3) is 0 Å². The lowest BCUT2D eigenvalue weighted by atomic mass is 9.92. The van der Waals surface area contributed by atoms with Crippen LogP contribution < -0.4 is 5.32 Å². The summed E-state index contributed by atoms with van der Waals surface area (Å²) < 4.78 is 31.0. The first-order chi connectivity index (χ1) is 9.89. The molecule has 0 spiro atoms. The molecule has 0 aromatic carbocycles. The number of hydrogen-bond donors (Lipinski definition) is 1. The third-order valence-electron chi connectivity index (χ3n) is 3.22. The molecule has 1 N–H and O–H groups in total. The SMILES string of the molecule is CCOC(=O)c1nc(Cl)cc(NC2CCC(F)(F)CC2)n1. The maximum atomic E-state index is 13.1. The summed E-state index contributed by atoms with van der Waals surface area (Å²) >= 11 is 5.84. The van der Waals surface area contributed by atoms with Crippen molar-refractivity contribution in [2.45, 2.75) is 44.6 Å². The van der Waals surface area contributed by atoms with Gasteiger partial charge in [-0.15, -0.1) is 0 Å². The molecule has 1 aromatic rings. The summed E-state index contributed by atoms with van der Waals surface area (Å²) in [6.45, 7) is 1.87. The zero-order chi connectivity index (χ0) is 15.5. The summed E-state index contributed by atoms with van der Waals surface area (Å²) in [6, 6.07) is 1.34. The van der Waals surface area contributed by atoms with E-state index in [-0.39, 0.29) is 36.5 Å². The Balaban J connectivity index is 2.05. The van der Waals surface area contributed by atoms with Crippen LogP contribution in [0.4, 0.5) is 14.6 Å². The minimum Gasteiger partial charge on any atom is -0.460 e. The average Bonchev–Trinajstić information content (AvgIpc) is 2.41. The van der Waals surface area contributed by atoms with Gasteiger partial charge in [-0.25, -0.2) is 23.5 Å². The van der Waals surface area contributed by atoms with E-state index in [1.807, 2.05) is 0 Å². The Morgan fingerprint density at radius 1 is 1.48 bits per heavy atom. The van der Waals surface area contributed by atoms with Gasteiger partial charge in [0.2, 0.25) is 11.7 Å². The number of halogens is 3. The number of carbonyl (C=O) groups excluding carboxylic acids is 1. The predicted octanol–water partition coefficient (Wildman–Crippen LogP) is 3.30. The van der Waals surface area contributed by atoms with Crippen LogP contribution in [0.2, 0.25) is 5.15 Å². The van der Waals surface area contributed by atoms with E-state index in [1.165, 1.54) is 6.07 Å². The van der Waals surface area contributed by atoms with E-state index in [0.29, 0.717) is 18.7 Å². The van der Waals surface area contributed by atoms with Crippen LogP contribution in [-0.2, 0) is 4.74 Å². The second kappa shape index (κ2) is 6.51. The Labute approximate surface area is 126 Å². The van der Waals surface area contributed by atoms with Crippen molar-refractivity contribution in [2.24, 2.45) is 0 Å². The molecule has 116 valence electrons. The van der Waals surface area contributed by atoms with Crippen molar-refractivity contribution < 1.29 is 18.3 Å². The molecule has 1 heterocycles. The molecule has 1 saturated carbocycles. The molecule has 0 aliphatic heterocycles. The number of carbonyl (C=O) groups is 1. The lowest BCUT2D eigenvalue weighted by Crippen LogP contribution is -2.32. The number of anilines is 1. The number of alkyl halides is 2. The highest BCUT2D eigenvalue weighted by atomic mass is 35.5. The molecule has 1 aliphatic carbocycles. The topological polar surface area (TPSA) is 64.1 Å². The van der Waals surface area contributed by atoms with Crippen molar-refractivity contribution in [2.75, 3.05) is 11.9 Å². The van der Waals surface area contributed by atoms with Crippen molar-refractivity contribution in [1.82, 2.24) is 9.97 Å². The summed E-state index contributed by atoms with van der Waals surface area (Å²) in [6.07, 6.45) is 0.356. The van der Waals surface area contributed by atoms with Gasteiger partial charge in [0, 0.05) is 24.9 Å². The van der Waals surface area contributed by atoms with Gasteiger partial charge in [-0.3, -0.25) is 0 Å². The molecule has 0 amide bonds. The highest BCUT2D eigenvalue weighted by Crippen LogP contribution is 2.34. The van der Waals surface area contributed by atoms with Gasteiger partial charge in [-0.2, -0.15) is 0 Å². The Morgan fingerprint density at radius 2 is 2.14 bits per heavy atom. The first kappa shape index (κ1) is 15.9. The monoisotopic (exact) mass is 319 g/mol. The largest absolute Gasteiger partial charge is 0.460 e. The molecule has 5 nitrogen and oxygen atoms in total. The number of ether oxygens (including phenoxy) is 1. The first-order valence-electron chi connectivity index (χ1n) is 6.76. The summed E-state index contributed by atoms with van der Waals surface area (Å²) in [5.74, 6) is -3.06. The molecule has 0 radical (unpaired) electrons. The quantitative estimate of drug-likeness (QED) is 0.681. The van der Waals surface area contributed by atoms with Crippen LogP contribution >= 0.6 is 11.6 Å². The van der Waals surface area contributed by atoms with E-state index < -0.39 is 11.9 Å². The number of esters is 1. The van der Waals surface area contributed by atoms with Crippen molar-refractivity contribution in [3.63, 3.8) is 0 Å². The second-order valence-electron chi connectivity index (χ2n) is 4.89. The fourth-order valence-electron chi connectivity index (χ4n) is 2.17.